The lowest BCUT2D eigenvalue weighted by atomic mass is 10.0. The topological polar surface area (TPSA) is 61.3 Å². The molecule has 0 atom stereocenters. The molecule has 2 saturated heterocycles. The zero-order chi connectivity index (χ0) is 16.9. The molecule has 0 bridgehead atoms. The van der Waals surface area contributed by atoms with Crippen molar-refractivity contribution in [1.82, 2.24) is 19.4 Å². The molecule has 0 aliphatic carbocycles. The third kappa shape index (κ3) is 4.36. The molecule has 1 N–H and O–H groups in total. The first-order valence-electron chi connectivity index (χ1n) is 9.40. The van der Waals surface area contributed by atoms with Gasteiger partial charge in [-0.2, -0.15) is 0 Å². The highest BCUT2D eigenvalue weighted by molar-refractivity contribution is 4.96. The van der Waals surface area contributed by atoms with E-state index in [0.29, 0.717) is 12.2 Å². The van der Waals surface area contributed by atoms with Gasteiger partial charge in [0.25, 0.3) is 5.56 Å². The zero-order valence-electron chi connectivity index (χ0n) is 14.8. The van der Waals surface area contributed by atoms with E-state index in [2.05, 4.69) is 14.8 Å². The summed E-state index contributed by atoms with van der Waals surface area (Å²) >= 11 is 0. The highest BCUT2D eigenvalue weighted by Gasteiger charge is 2.24. The van der Waals surface area contributed by atoms with Gasteiger partial charge in [-0.25, -0.2) is 4.79 Å². The van der Waals surface area contributed by atoms with Crippen LogP contribution in [0.3, 0.4) is 0 Å². The van der Waals surface area contributed by atoms with Crippen molar-refractivity contribution >= 4 is 0 Å². The molecule has 0 spiro atoms. The Morgan fingerprint density at radius 1 is 1.00 bits per heavy atom. The summed E-state index contributed by atoms with van der Waals surface area (Å²) in [7, 11) is 0. The lowest BCUT2D eigenvalue weighted by Crippen LogP contribution is -2.47. The summed E-state index contributed by atoms with van der Waals surface area (Å²) in [4.78, 5) is 31.6. The average molecular weight is 334 g/mol. The van der Waals surface area contributed by atoms with Gasteiger partial charge in [0.05, 0.1) is 0 Å². The summed E-state index contributed by atoms with van der Waals surface area (Å²) in [6.07, 6.45) is 7.88. The maximum Gasteiger partial charge on any atom is 0.328 e. The fourth-order valence-corrected chi connectivity index (χ4v) is 4.06. The maximum atomic E-state index is 11.9. The summed E-state index contributed by atoms with van der Waals surface area (Å²) in [5.74, 6) is 0. The van der Waals surface area contributed by atoms with E-state index in [0.717, 1.165) is 25.7 Å². The van der Waals surface area contributed by atoms with Gasteiger partial charge in [-0.15, -0.1) is 0 Å². The van der Waals surface area contributed by atoms with Gasteiger partial charge in [-0.05, 0) is 58.8 Å². The highest BCUT2D eigenvalue weighted by Crippen LogP contribution is 2.20. The second-order valence-corrected chi connectivity index (χ2v) is 7.27. The molecule has 1 aromatic heterocycles. The second kappa shape index (κ2) is 8.12. The second-order valence-electron chi connectivity index (χ2n) is 7.27. The van der Waals surface area contributed by atoms with Gasteiger partial charge >= 0.3 is 5.69 Å². The Balaban J connectivity index is 1.49. The number of aryl methyl sites for hydroxylation is 1. The summed E-state index contributed by atoms with van der Waals surface area (Å²) < 4.78 is 1.31. The molecule has 6 nitrogen and oxygen atoms in total. The van der Waals surface area contributed by atoms with Crippen LogP contribution >= 0.6 is 0 Å². The Kier molecular flexibility index (Phi) is 5.89. The largest absolute Gasteiger partial charge is 0.328 e. The smallest absolute Gasteiger partial charge is 0.311 e. The van der Waals surface area contributed by atoms with Gasteiger partial charge < -0.3 is 14.8 Å². The van der Waals surface area contributed by atoms with Crippen molar-refractivity contribution in [1.29, 1.82) is 0 Å². The molecule has 2 aliphatic rings. The predicted molar refractivity (Wildman–Crippen MR) is 95.6 cm³/mol. The van der Waals surface area contributed by atoms with Crippen LogP contribution in [0, 0.1) is 6.92 Å². The number of H-pyrrole nitrogens is 1. The Morgan fingerprint density at radius 2 is 1.67 bits per heavy atom. The first-order valence-corrected chi connectivity index (χ1v) is 9.40. The molecule has 0 aromatic carbocycles. The number of hydrogen-bond donors (Lipinski definition) is 1. The Morgan fingerprint density at radius 3 is 2.29 bits per heavy atom. The summed E-state index contributed by atoms with van der Waals surface area (Å²) in [6.45, 7) is 7.65. The maximum absolute atomic E-state index is 11.9. The van der Waals surface area contributed by atoms with Gasteiger partial charge in [-0.3, -0.25) is 9.36 Å². The molecule has 134 valence electrons. The number of aromatic nitrogens is 2. The minimum Gasteiger partial charge on any atom is -0.311 e. The van der Waals surface area contributed by atoms with E-state index in [1.54, 1.807) is 6.92 Å². The van der Waals surface area contributed by atoms with E-state index in [-0.39, 0.29) is 11.2 Å². The van der Waals surface area contributed by atoms with E-state index in [4.69, 9.17) is 0 Å². The molecule has 0 amide bonds. The third-order valence-corrected chi connectivity index (χ3v) is 5.51. The Hall–Kier alpha value is -1.40. The fraction of sp³-hybridized carbons (Fsp3) is 0.778. The van der Waals surface area contributed by atoms with Crippen molar-refractivity contribution in [2.24, 2.45) is 0 Å². The molecule has 0 unspecified atom stereocenters. The number of nitrogens with zero attached hydrogens (tertiary/aromatic N) is 3. The lowest BCUT2D eigenvalue weighted by molar-refractivity contribution is 0.108. The van der Waals surface area contributed by atoms with Crippen LogP contribution in [-0.4, -0.2) is 58.1 Å². The van der Waals surface area contributed by atoms with Gasteiger partial charge in [0, 0.05) is 30.9 Å². The minimum atomic E-state index is -0.292. The molecule has 3 heterocycles. The number of nitrogens with one attached hydrogen (secondary N) is 1. The number of hydrogen-bond acceptors (Lipinski definition) is 4. The molecular weight excluding hydrogens is 304 g/mol. The molecule has 1 aromatic rings. The van der Waals surface area contributed by atoms with Crippen LogP contribution in [0.15, 0.2) is 15.7 Å². The van der Waals surface area contributed by atoms with Crippen LogP contribution in [0.25, 0.3) is 0 Å². The minimum absolute atomic E-state index is 0.198. The number of aromatic amines is 1. The third-order valence-electron chi connectivity index (χ3n) is 5.51. The quantitative estimate of drug-likeness (QED) is 0.898. The van der Waals surface area contributed by atoms with Crippen LogP contribution in [-0.2, 0) is 6.54 Å². The predicted octanol–water partition coefficient (Wildman–Crippen LogP) is 1.19. The molecule has 2 fully saturated rings. The lowest BCUT2D eigenvalue weighted by Gasteiger charge is -2.38. The normalized spacial score (nSPS) is 21.7. The Bertz CT molecular complexity index is 604. The van der Waals surface area contributed by atoms with Crippen LogP contribution in [0.1, 0.15) is 44.2 Å². The van der Waals surface area contributed by atoms with Crippen molar-refractivity contribution < 1.29 is 0 Å². The van der Waals surface area contributed by atoms with E-state index < -0.39 is 0 Å². The molecule has 24 heavy (non-hydrogen) atoms. The van der Waals surface area contributed by atoms with Gasteiger partial charge in [0.1, 0.15) is 0 Å². The van der Waals surface area contributed by atoms with Crippen molar-refractivity contribution in [3.05, 3.63) is 32.6 Å². The number of rotatable bonds is 4. The molecular formula is C18H30N4O2. The van der Waals surface area contributed by atoms with Crippen molar-refractivity contribution in [3.8, 4) is 0 Å². The summed E-state index contributed by atoms with van der Waals surface area (Å²) in [6, 6.07) is 2.22. The summed E-state index contributed by atoms with van der Waals surface area (Å²) in [5.41, 5.74) is 0.134. The SMILES string of the molecule is Cc1cc(=O)n(CCN2CCC(N3CCCCCC3)CC2)c(=O)[nH]1. The van der Waals surface area contributed by atoms with Crippen molar-refractivity contribution in [2.45, 2.75) is 58.0 Å². The van der Waals surface area contributed by atoms with Crippen LogP contribution in [0.2, 0.25) is 0 Å². The van der Waals surface area contributed by atoms with E-state index >= 15 is 0 Å². The van der Waals surface area contributed by atoms with Crippen LogP contribution in [0.5, 0.6) is 0 Å². The standard InChI is InChI=1S/C18H30N4O2/c1-15-14-17(23)22(18(24)19-15)13-12-20-10-6-16(7-11-20)21-8-4-2-3-5-9-21/h14,16H,2-13H2,1H3,(H,19,24). The summed E-state index contributed by atoms with van der Waals surface area (Å²) in [5, 5.41) is 0. The molecule has 0 saturated carbocycles. The fourth-order valence-electron chi connectivity index (χ4n) is 4.06. The zero-order valence-corrected chi connectivity index (χ0v) is 14.8. The average Bonchev–Trinajstić information content (AvgIpc) is 2.84. The molecule has 6 heteroatoms. The number of likely N-dealkylation sites (tertiary alicyclic amines) is 2. The first-order chi connectivity index (χ1) is 11.6. The molecule has 0 radical (unpaired) electrons. The van der Waals surface area contributed by atoms with Gasteiger partial charge in [0.2, 0.25) is 0 Å². The van der Waals surface area contributed by atoms with E-state index in [1.807, 2.05) is 0 Å². The van der Waals surface area contributed by atoms with E-state index in [1.165, 1.54) is 62.2 Å². The van der Waals surface area contributed by atoms with Gasteiger partial charge in [0.15, 0.2) is 0 Å². The molecule has 3 rings (SSSR count). The van der Waals surface area contributed by atoms with Crippen LogP contribution in [0.4, 0.5) is 0 Å². The van der Waals surface area contributed by atoms with Gasteiger partial charge in [-0.1, -0.05) is 12.8 Å². The molecule has 2 aliphatic heterocycles. The van der Waals surface area contributed by atoms with Crippen LogP contribution < -0.4 is 11.2 Å². The van der Waals surface area contributed by atoms with E-state index in [9.17, 15) is 9.59 Å². The Labute approximate surface area is 143 Å². The first kappa shape index (κ1) is 17.4. The van der Waals surface area contributed by atoms with Crippen molar-refractivity contribution in [3.63, 3.8) is 0 Å². The monoisotopic (exact) mass is 334 g/mol. The van der Waals surface area contributed by atoms with Crippen molar-refractivity contribution in [2.75, 3.05) is 32.7 Å². The highest BCUT2D eigenvalue weighted by atomic mass is 16.2. The number of piperidine rings is 1.